The Morgan fingerprint density at radius 2 is 2.10 bits per heavy atom. The number of para-hydroxylation sites is 1. The number of hydrogen-bond donors (Lipinski definition) is 2. The summed E-state index contributed by atoms with van der Waals surface area (Å²) in [5.41, 5.74) is 6.17. The van der Waals surface area contributed by atoms with Gasteiger partial charge in [0.2, 0.25) is 0 Å². The lowest BCUT2D eigenvalue weighted by Gasteiger charge is -1.98. The van der Waals surface area contributed by atoms with Gasteiger partial charge < -0.3 is 4.98 Å². The van der Waals surface area contributed by atoms with E-state index in [9.17, 15) is 4.79 Å². The van der Waals surface area contributed by atoms with Crippen LogP contribution in [-0.2, 0) is 0 Å². The van der Waals surface area contributed by atoms with Crippen molar-refractivity contribution in [2.75, 3.05) is 0 Å². The summed E-state index contributed by atoms with van der Waals surface area (Å²) in [6.45, 7) is 3.95. The molecule has 0 aliphatic carbocycles. The Labute approximate surface area is 126 Å². The van der Waals surface area contributed by atoms with E-state index in [0.717, 1.165) is 26.9 Å². The lowest BCUT2D eigenvalue weighted by atomic mass is 10.1. The number of aromatic nitrogens is 1. The molecule has 3 aromatic rings. The number of nitrogens with zero attached hydrogens (tertiary/aromatic N) is 1. The van der Waals surface area contributed by atoms with Gasteiger partial charge in [0.05, 0.1) is 6.21 Å². The van der Waals surface area contributed by atoms with Gasteiger partial charge in [-0.1, -0.05) is 18.2 Å². The van der Waals surface area contributed by atoms with Gasteiger partial charge in [0.15, 0.2) is 0 Å². The van der Waals surface area contributed by atoms with Crippen molar-refractivity contribution in [2.24, 2.45) is 5.10 Å². The number of fused-ring (bicyclic) bond motifs is 1. The minimum absolute atomic E-state index is 0.228. The van der Waals surface area contributed by atoms with E-state index in [-0.39, 0.29) is 5.91 Å². The quantitative estimate of drug-likeness (QED) is 0.563. The predicted octanol–water partition coefficient (Wildman–Crippen LogP) is 3.61. The molecule has 0 aliphatic heterocycles. The fourth-order valence-corrected chi connectivity index (χ4v) is 3.02. The molecule has 0 bridgehead atoms. The third kappa shape index (κ3) is 2.60. The van der Waals surface area contributed by atoms with Crippen LogP contribution in [0.3, 0.4) is 0 Å². The number of hydrogen-bond acceptors (Lipinski definition) is 3. The molecule has 0 radical (unpaired) electrons. The van der Waals surface area contributed by atoms with E-state index in [1.54, 1.807) is 17.6 Å². The van der Waals surface area contributed by atoms with Crippen LogP contribution in [-0.4, -0.2) is 17.1 Å². The standard InChI is InChI=1S/C16H15N3OS/c1-10-7-8-21-14(10)9-17-19-16(20)15-11(2)12-5-3-4-6-13(12)18-15/h3-9,18H,1-2H3,(H,19,20)/b17-9+. The smallest absolute Gasteiger partial charge is 0.288 e. The number of thiophene rings is 1. The molecule has 0 spiro atoms. The van der Waals surface area contributed by atoms with Crippen LogP contribution in [0.15, 0.2) is 40.8 Å². The van der Waals surface area contributed by atoms with Crippen molar-refractivity contribution in [1.29, 1.82) is 0 Å². The zero-order chi connectivity index (χ0) is 14.8. The molecule has 21 heavy (non-hydrogen) atoms. The van der Waals surface area contributed by atoms with Gasteiger partial charge >= 0.3 is 0 Å². The summed E-state index contributed by atoms with van der Waals surface area (Å²) in [6.07, 6.45) is 1.68. The molecule has 0 aliphatic rings. The minimum Gasteiger partial charge on any atom is -0.350 e. The number of benzene rings is 1. The molecule has 1 amide bonds. The highest BCUT2D eigenvalue weighted by atomic mass is 32.1. The normalized spacial score (nSPS) is 11.3. The molecule has 5 heteroatoms. The molecule has 0 saturated carbocycles. The highest BCUT2D eigenvalue weighted by Gasteiger charge is 2.13. The van der Waals surface area contributed by atoms with Crippen LogP contribution in [0.2, 0.25) is 0 Å². The van der Waals surface area contributed by atoms with Gasteiger partial charge in [0.25, 0.3) is 5.91 Å². The molecule has 2 aromatic heterocycles. The van der Waals surface area contributed by atoms with Gasteiger partial charge in [-0.05, 0) is 42.5 Å². The van der Waals surface area contributed by atoms with E-state index < -0.39 is 0 Å². The maximum atomic E-state index is 12.2. The van der Waals surface area contributed by atoms with Crippen LogP contribution >= 0.6 is 11.3 Å². The van der Waals surface area contributed by atoms with Crippen molar-refractivity contribution >= 4 is 34.4 Å². The Morgan fingerprint density at radius 3 is 2.81 bits per heavy atom. The summed E-state index contributed by atoms with van der Waals surface area (Å²) in [4.78, 5) is 16.4. The van der Waals surface area contributed by atoms with Crippen molar-refractivity contribution in [2.45, 2.75) is 13.8 Å². The Balaban J connectivity index is 1.80. The number of aryl methyl sites for hydroxylation is 2. The number of amides is 1. The molecule has 2 N–H and O–H groups in total. The summed E-state index contributed by atoms with van der Waals surface area (Å²) in [7, 11) is 0. The maximum Gasteiger partial charge on any atom is 0.288 e. The lowest BCUT2D eigenvalue weighted by Crippen LogP contribution is -2.18. The second kappa shape index (κ2) is 5.54. The molecule has 1 aromatic carbocycles. The van der Waals surface area contributed by atoms with Gasteiger partial charge in [-0.15, -0.1) is 11.3 Å². The zero-order valence-corrected chi connectivity index (χ0v) is 12.6. The molecule has 0 atom stereocenters. The van der Waals surface area contributed by atoms with Crippen molar-refractivity contribution in [3.8, 4) is 0 Å². The molecule has 0 saturated heterocycles. The fourth-order valence-electron chi connectivity index (χ4n) is 2.23. The lowest BCUT2D eigenvalue weighted by molar-refractivity contribution is 0.0950. The number of carbonyl (C=O) groups excluding carboxylic acids is 1. The highest BCUT2D eigenvalue weighted by molar-refractivity contribution is 7.11. The molecular weight excluding hydrogens is 282 g/mol. The molecule has 3 rings (SSSR count). The van der Waals surface area contributed by atoms with Crippen molar-refractivity contribution in [3.63, 3.8) is 0 Å². The summed E-state index contributed by atoms with van der Waals surface area (Å²) in [5.74, 6) is -0.228. The van der Waals surface area contributed by atoms with E-state index in [0.29, 0.717) is 5.69 Å². The van der Waals surface area contributed by atoms with Crippen LogP contribution in [0.1, 0.15) is 26.5 Å². The second-order valence-corrected chi connectivity index (χ2v) is 5.79. The van der Waals surface area contributed by atoms with Gasteiger partial charge in [-0.2, -0.15) is 5.10 Å². The number of nitrogens with one attached hydrogen (secondary N) is 2. The van der Waals surface area contributed by atoms with Gasteiger partial charge in [-0.25, -0.2) is 5.43 Å². The average Bonchev–Trinajstić information content (AvgIpc) is 3.04. The third-order valence-electron chi connectivity index (χ3n) is 3.44. The van der Waals surface area contributed by atoms with E-state index in [4.69, 9.17) is 0 Å². The topological polar surface area (TPSA) is 57.2 Å². The van der Waals surface area contributed by atoms with E-state index in [1.165, 1.54) is 0 Å². The molecule has 106 valence electrons. The fraction of sp³-hybridized carbons (Fsp3) is 0.125. The van der Waals surface area contributed by atoms with Crippen LogP contribution in [0.5, 0.6) is 0 Å². The molecule has 0 fully saturated rings. The third-order valence-corrected chi connectivity index (χ3v) is 4.40. The molecule has 4 nitrogen and oxygen atoms in total. The van der Waals surface area contributed by atoms with E-state index >= 15 is 0 Å². The second-order valence-electron chi connectivity index (χ2n) is 4.84. The maximum absolute atomic E-state index is 12.2. The van der Waals surface area contributed by atoms with Crippen molar-refractivity contribution < 1.29 is 4.79 Å². The Bertz CT molecular complexity index is 829. The number of hydrazone groups is 1. The highest BCUT2D eigenvalue weighted by Crippen LogP contribution is 2.21. The molecular formula is C16H15N3OS. The predicted molar refractivity (Wildman–Crippen MR) is 87.2 cm³/mol. The number of carbonyl (C=O) groups is 1. The van der Waals surface area contributed by atoms with Crippen LogP contribution in [0.25, 0.3) is 10.9 Å². The first kappa shape index (κ1) is 13.6. The first-order chi connectivity index (χ1) is 10.2. The first-order valence-electron chi connectivity index (χ1n) is 6.61. The SMILES string of the molecule is Cc1ccsc1/C=N/NC(=O)c1[nH]c2ccccc2c1C. The van der Waals surface area contributed by atoms with E-state index in [2.05, 4.69) is 15.5 Å². The number of rotatable bonds is 3. The van der Waals surface area contributed by atoms with Crippen molar-refractivity contribution in [3.05, 3.63) is 57.4 Å². The number of H-pyrrole nitrogens is 1. The largest absolute Gasteiger partial charge is 0.350 e. The summed E-state index contributed by atoms with van der Waals surface area (Å²) in [5, 5.41) is 7.08. The zero-order valence-electron chi connectivity index (χ0n) is 11.8. The Kier molecular flexibility index (Phi) is 3.58. The van der Waals surface area contributed by atoms with Crippen LogP contribution in [0.4, 0.5) is 0 Å². The summed E-state index contributed by atoms with van der Waals surface area (Å²) in [6, 6.07) is 9.88. The van der Waals surface area contributed by atoms with Crippen LogP contribution in [0, 0.1) is 13.8 Å². The molecule has 0 unspecified atom stereocenters. The summed E-state index contributed by atoms with van der Waals surface area (Å²) >= 11 is 1.60. The van der Waals surface area contributed by atoms with Gasteiger partial charge in [-0.3, -0.25) is 4.79 Å². The summed E-state index contributed by atoms with van der Waals surface area (Å²) < 4.78 is 0. The first-order valence-corrected chi connectivity index (χ1v) is 7.49. The minimum atomic E-state index is -0.228. The Hall–Kier alpha value is -2.40. The van der Waals surface area contributed by atoms with Crippen LogP contribution < -0.4 is 5.43 Å². The monoisotopic (exact) mass is 297 g/mol. The molecule has 2 heterocycles. The average molecular weight is 297 g/mol. The van der Waals surface area contributed by atoms with Gasteiger partial charge in [0, 0.05) is 15.8 Å². The van der Waals surface area contributed by atoms with Gasteiger partial charge in [0.1, 0.15) is 5.69 Å². The van der Waals surface area contributed by atoms with Crippen molar-refractivity contribution in [1.82, 2.24) is 10.4 Å². The number of aromatic amines is 1. The Morgan fingerprint density at radius 1 is 1.29 bits per heavy atom. The van der Waals surface area contributed by atoms with E-state index in [1.807, 2.05) is 49.6 Å².